The van der Waals surface area contributed by atoms with Gasteiger partial charge < -0.3 is 4.90 Å². The Bertz CT molecular complexity index is 550. The molecule has 0 aromatic heterocycles. The van der Waals surface area contributed by atoms with Crippen molar-refractivity contribution in [2.45, 2.75) is 20.4 Å². The molecule has 0 N–H and O–H groups in total. The van der Waals surface area contributed by atoms with Crippen molar-refractivity contribution in [2.75, 3.05) is 45.8 Å². The summed E-state index contributed by atoms with van der Waals surface area (Å²) in [5.41, 5.74) is 2.31. The van der Waals surface area contributed by atoms with Crippen LogP contribution in [-0.2, 0) is 11.3 Å². The summed E-state index contributed by atoms with van der Waals surface area (Å²) in [6.07, 6.45) is 0. The summed E-state index contributed by atoms with van der Waals surface area (Å²) in [5, 5.41) is 0.775. The van der Waals surface area contributed by atoms with Crippen LogP contribution in [0.3, 0.4) is 0 Å². The molecule has 0 saturated carbocycles. The Labute approximate surface area is 150 Å². The number of halogens is 1. The van der Waals surface area contributed by atoms with Gasteiger partial charge in [-0.1, -0.05) is 35.9 Å². The summed E-state index contributed by atoms with van der Waals surface area (Å²) in [6, 6.07) is 8.03. The van der Waals surface area contributed by atoms with Gasteiger partial charge in [0.2, 0.25) is 5.91 Å². The summed E-state index contributed by atoms with van der Waals surface area (Å²) < 4.78 is 0. The second-order valence-electron chi connectivity index (χ2n) is 6.54. The first-order valence-corrected chi connectivity index (χ1v) is 8.97. The van der Waals surface area contributed by atoms with Crippen LogP contribution in [0.25, 0.3) is 0 Å². The second kappa shape index (κ2) is 9.21. The molecule has 0 bridgehead atoms. The molecule has 1 fully saturated rings. The van der Waals surface area contributed by atoms with Crippen LogP contribution in [0.1, 0.15) is 19.4 Å². The van der Waals surface area contributed by atoms with Crippen molar-refractivity contribution in [1.29, 1.82) is 0 Å². The number of hydrogen-bond donors (Lipinski definition) is 0. The molecule has 132 valence electrons. The molecule has 0 radical (unpaired) electrons. The smallest absolute Gasteiger partial charge is 0.237 e. The quantitative estimate of drug-likeness (QED) is 0.708. The number of amides is 1. The van der Waals surface area contributed by atoms with Gasteiger partial charge in [-0.3, -0.25) is 14.6 Å². The molecule has 24 heavy (non-hydrogen) atoms. The number of likely N-dealkylation sites (N-methyl/N-ethyl adjacent to an activating group) is 1. The van der Waals surface area contributed by atoms with Crippen molar-refractivity contribution in [2.24, 2.45) is 0 Å². The summed E-state index contributed by atoms with van der Waals surface area (Å²) in [5.74, 6) is 0.201. The van der Waals surface area contributed by atoms with Crippen LogP contribution in [0, 0.1) is 0 Å². The fourth-order valence-corrected chi connectivity index (χ4v) is 3.07. The molecule has 1 heterocycles. The van der Waals surface area contributed by atoms with Gasteiger partial charge in [-0.05, 0) is 31.5 Å². The van der Waals surface area contributed by atoms with Gasteiger partial charge in [-0.2, -0.15) is 0 Å². The molecular weight excluding hydrogens is 322 g/mol. The van der Waals surface area contributed by atoms with Crippen molar-refractivity contribution in [1.82, 2.24) is 14.7 Å². The SMILES string of the molecule is C=C(C)CN(CC)C(=O)CN1CCN(Cc2ccc(Cl)cc2)CC1. The minimum absolute atomic E-state index is 0.201. The first kappa shape index (κ1) is 19.0. The van der Waals surface area contributed by atoms with Crippen LogP contribution >= 0.6 is 11.6 Å². The lowest BCUT2D eigenvalue weighted by Crippen LogP contribution is -2.49. The molecule has 1 aliphatic heterocycles. The zero-order valence-corrected chi connectivity index (χ0v) is 15.6. The van der Waals surface area contributed by atoms with Crippen molar-refractivity contribution >= 4 is 17.5 Å². The standard InChI is InChI=1S/C19H28ClN3O/c1-4-23(13-16(2)3)19(24)15-22-11-9-21(10-12-22)14-17-5-7-18(20)8-6-17/h5-8H,2,4,9-15H2,1,3H3. The van der Waals surface area contributed by atoms with Gasteiger partial charge >= 0.3 is 0 Å². The minimum atomic E-state index is 0.201. The number of carbonyl (C=O) groups excluding carboxylic acids is 1. The second-order valence-corrected chi connectivity index (χ2v) is 6.98. The number of benzene rings is 1. The summed E-state index contributed by atoms with van der Waals surface area (Å²) in [4.78, 5) is 19.0. The molecule has 0 atom stereocenters. The minimum Gasteiger partial charge on any atom is -0.338 e. The van der Waals surface area contributed by atoms with Crippen molar-refractivity contribution in [3.63, 3.8) is 0 Å². The van der Waals surface area contributed by atoms with Gasteiger partial charge in [0.1, 0.15) is 0 Å². The average Bonchev–Trinajstić information content (AvgIpc) is 2.56. The zero-order chi connectivity index (χ0) is 17.5. The molecule has 2 rings (SSSR count). The molecule has 1 aromatic rings. The molecule has 5 heteroatoms. The van der Waals surface area contributed by atoms with Crippen molar-refractivity contribution < 1.29 is 4.79 Å². The summed E-state index contributed by atoms with van der Waals surface area (Å²) >= 11 is 5.93. The zero-order valence-electron chi connectivity index (χ0n) is 14.8. The maximum atomic E-state index is 12.4. The fourth-order valence-electron chi connectivity index (χ4n) is 2.95. The maximum Gasteiger partial charge on any atom is 0.237 e. The van der Waals surface area contributed by atoms with E-state index in [1.165, 1.54) is 5.56 Å². The first-order valence-electron chi connectivity index (χ1n) is 8.59. The maximum absolute atomic E-state index is 12.4. The van der Waals surface area contributed by atoms with E-state index in [-0.39, 0.29) is 5.91 Å². The van der Waals surface area contributed by atoms with Crippen LogP contribution in [0.15, 0.2) is 36.4 Å². The van der Waals surface area contributed by atoms with E-state index in [9.17, 15) is 4.79 Å². The monoisotopic (exact) mass is 349 g/mol. The normalized spacial score (nSPS) is 16.1. The highest BCUT2D eigenvalue weighted by Crippen LogP contribution is 2.13. The third-order valence-electron chi connectivity index (χ3n) is 4.34. The third kappa shape index (κ3) is 5.93. The number of nitrogens with zero attached hydrogens (tertiary/aromatic N) is 3. The Kier molecular flexibility index (Phi) is 7.28. The molecule has 1 saturated heterocycles. The van der Waals surface area contributed by atoms with E-state index in [0.717, 1.165) is 49.9 Å². The van der Waals surface area contributed by atoms with E-state index in [1.807, 2.05) is 30.9 Å². The fraction of sp³-hybridized carbons (Fsp3) is 0.526. The van der Waals surface area contributed by atoms with Crippen molar-refractivity contribution in [3.8, 4) is 0 Å². The Morgan fingerprint density at radius 1 is 1.17 bits per heavy atom. The average molecular weight is 350 g/mol. The lowest BCUT2D eigenvalue weighted by molar-refractivity contribution is -0.132. The molecule has 0 aliphatic carbocycles. The Morgan fingerprint density at radius 3 is 2.29 bits per heavy atom. The Balaban J connectivity index is 1.76. The summed E-state index contributed by atoms with van der Waals surface area (Å²) in [7, 11) is 0. The lowest BCUT2D eigenvalue weighted by atomic mass is 10.2. The van der Waals surface area contributed by atoms with Gasteiger partial charge in [0.15, 0.2) is 0 Å². The van der Waals surface area contributed by atoms with Crippen LogP contribution in [0.4, 0.5) is 0 Å². The van der Waals surface area contributed by atoms with Crippen LogP contribution in [0.5, 0.6) is 0 Å². The molecule has 4 nitrogen and oxygen atoms in total. The van der Waals surface area contributed by atoms with Crippen LogP contribution in [0.2, 0.25) is 5.02 Å². The topological polar surface area (TPSA) is 26.8 Å². The number of piperazine rings is 1. The third-order valence-corrected chi connectivity index (χ3v) is 4.59. The predicted octanol–water partition coefficient (Wildman–Crippen LogP) is 2.88. The van der Waals surface area contributed by atoms with Gasteiger partial charge in [0, 0.05) is 50.8 Å². The van der Waals surface area contributed by atoms with Crippen LogP contribution < -0.4 is 0 Å². The van der Waals surface area contributed by atoms with Gasteiger partial charge in [-0.25, -0.2) is 0 Å². The van der Waals surface area contributed by atoms with Crippen molar-refractivity contribution in [3.05, 3.63) is 47.0 Å². The molecule has 1 amide bonds. The van der Waals surface area contributed by atoms with E-state index in [1.54, 1.807) is 0 Å². The molecular formula is C19H28ClN3O. The highest BCUT2D eigenvalue weighted by atomic mass is 35.5. The largest absolute Gasteiger partial charge is 0.338 e. The summed E-state index contributed by atoms with van der Waals surface area (Å²) in [6.45, 7) is 14.6. The lowest BCUT2D eigenvalue weighted by Gasteiger charge is -2.35. The Morgan fingerprint density at radius 2 is 1.75 bits per heavy atom. The number of carbonyl (C=O) groups is 1. The molecule has 0 unspecified atom stereocenters. The highest BCUT2D eigenvalue weighted by Gasteiger charge is 2.21. The molecule has 1 aliphatic rings. The van der Waals surface area contributed by atoms with Gasteiger partial charge in [0.05, 0.1) is 6.54 Å². The predicted molar refractivity (Wildman–Crippen MR) is 100 cm³/mol. The highest BCUT2D eigenvalue weighted by molar-refractivity contribution is 6.30. The van der Waals surface area contributed by atoms with Gasteiger partial charge in [-0.15, -0.1) is 0 Å². The van der Waals surface area contributed by atoms with E-state index in [0.29, 0.717) is 13.1 Å². The van der Waals surface area contributed by atoms with E-state index < -0.39 is 0 Å². The van der Waals surface area contributed by atoms with Crippen LogP contribution in [-0.4, -0.2) is 66.4 Å². The van der Waals surface area contributed by atoms with E-state index in [2.05, 4.69) is 28.5 Å². The van der Waals surface area contributed by atoms with E-state index in [4.69, 9.17) is 11.6 Å². The molecule has 0 spiro atoms. The first-order chi connectivity index (χ1) is 11.5. The number of rotatable bonds is 7. The molecule has 1 aromatic carbocycles. The Hall–Kier alpha value is -1.36. The number of hydrogen-bond acceptors (Lipinski definition) is 3. The van der Waals surface area contributed by atoms with E-state index >= 15 is 0 Å². The van der Waals surface area contributed by atoms with Gasteiger partial charge in [0.25, 0.3) is 0 Å².